The molecule has 1 N–H and O–H groups in total. The molecule has 0 aromatic heterocycles. The molecule has 0 spiro atoms. The third kappa shape index (κ3) is 4.19. The van der Waals surface area contributed by atoms with Gasteiger partial charge in [-0.2, -0.15) is 10.5 Å². The maximum atomic E-state index is 12.2. The molecule has 2 amide bonds. The minimum Gasteiger partial charge on any atom is -0.324 e. The molecule has 0 bridgehead atoms. The van der Waals surface area contributed by atoms with Gasteiger partial charge in [-0.25, -0.2) is 0 Å². The highest BCUT2D eigenvalue weighted by Gasteiger charge is 2.16. The van der Waals surface area contributed by atoms with Gasteiger partial charge in [-0.05, 0) is 36.4 Å². The molecule has 0 fully saturated rings. The first-order valence-corrected chi connectivity index (χ1v) is 7.12. The smallest absolute Gasteiger partial charge is 0.244 e. The second-order valence-corrected chi connectivity index (χ2v) is 5.01. The van der Waals surface area contributed by atoms with E-state index in [4.69, 9.17) is 10.5 Å². The topological polar surface area (TPSA) is 97.0 Å². The number of nitrogens with one attached hydrogen (secondary N) is 1. The lowest BCUT2D eigenvalue weighted by atomic mass is 10.2. The number of carbonyl (C=O) groups excluding carboxylic acids is 2. The van der Waals surface area contributed by atoms with Crippen LogP contribution < -0.4 is 10.2 Å². The Hall–Kier alpha value is -3.64. The van der Waals surface area contributed by atoms with Crippen molar-refractivity contribution < 1.29 is 9.59 Å². The third-order valence-electron chi connectivity index (χ3n) is 3.24. The quantitative estimate of drug-likeness (QED) is 0.936. The van der Waals surface area contributed by atoms with Gasteiger partial charge >= 0.3 is 0 Å². The number of hydrogen-bond donors (Lipinski definition) is 1. The van der Waals surface area contributed by atoms with Gasteiger partial charge in [0, 0.05) is 18.3 Å². The maximum Gasteiger partial charge on any atom is 0.244 e. The molecule has 118 valence electrons. The number of benzene rings is 2. The van der Waals surface area contributed by atoms with Crippen molar-refractivity contribution in [2.45, 2.75) is 6.92 Å². The minimum atomic E-state index is -0.400. The molecule has 2 aromatic carbocycles. The van der Waals surface area contributed by atoms with Gasteiger partial charge in [0.1, 0.15) is 6.54 Å². The van der Waals surface area contributed by atoms with Crippen LogP contribution in [-0.2, 0) is 9.59 Å². The monoisotopic (exact) mass is 318 g/mol. The summed E-state index contributed by atoms with van der Waals surface area (Å²) in [6.07, 6.45) is 0. The number of nitriles is 2. The number of amides is 2. The molecule has 2 aromatic rings. The van der Waals surface area contributed by atoms with Gasteiger partial charge in [0.25, 0.3) is 0 Å². The molecular formula is C18H14N4O2. The summed E-state index contributed by atoms with van der Waals surface area (Å²) in [5, 5.41) is 20.5. The Labute approximate surface area is 139 Å². The van der Waals surface area contributed by atoms with E-state index in [1.165, 1.54) is 11.8 Å². The average molecular weight is 318 g/mol. The molecule has 0 aliphatic rings. The fraction of sp³-hybridized carbons (Fsp3) is 0.111. The largest absolute Gasteiger partial charge is 0.324 e. The van der Waals surface area contributed by atoms with Gasteiger partial charge in [0.2, 0.25) is 11.8 Å². The molecule has 2 rings (SSSR count). The summed E-state index contributed by atoms with van der Waals surface area (Å²) in [6.45, 7) is 1.16. The summed E-state index contributed by atoms with van der Waals surface area (Å²) in [5.74, 6) is -0.714. The molecule has 0 aliphatic carbocycles. The molecule has 0 heterocycles. The zero-order valence-electron chi connectivity index (χ0n) is 13.0. The summed E-state index contributed by atoms with van der Waals surface area (Å²) in [5.41, 5.74) is 1.79. The lowest BCUT2D eigenvalue weighted by Crippen LogP contribution is -2.36. The molecule has 0 saturated heterocycles. The van der Waals surface area contributed by atoms with Gasteiger partial charge in [-0.15, -0.1) is 0 Å². The van der Waals surface area contributed by atoms with E-state index in [1.54, 1.807) is 48.5 Å². The van der Waals surface area contributed by atoms with E-state index in [0.717, 1.165) is 0 Å². The third-order valence-corrected chi connectivity index (χ3v) is 3.24. The predicted molar refractivity (Wildman–Crippen MR) is 89.0 cm³/mol. The SMILES string of the molecule is CC(=O)N(CC(=O)Nc1cccc(C#N)c1)c1cccc(C#N)c1. The van der Waals surface area contributed by atoms with E-state index in [9.17, 15) is 9.59 Å². The van der Waals surface area contributed by atoms with E-state index < -0.39 is 5.91 Å². The van der Waals surface area contributed by atoms with Crippen molar-refractivity contribution in [3.63, 3.8) is 0 Å². The molecule has 0 aliphatic heterocycles. The number of hydrogen-bond acceptors (Lipinski definition) is 4. The van der Waals surface area contributed by atoms with E-state index >= 15 is 0 Å². The van der Waals surface area contributed by atoms with E-state index in [-0.39, 0.29) is 12.5 Å². The molecule has 0 unspecified atom stereocenters. The molecule has 6 heteroatoms. The van der Waals surface area contributed by atoms with Gasteiger partial charge in [-0.3, -0.25) is 9.59 Å². The fourth-order valence-electron chi connectivity index (χ4n) is 2.14. The van der Waals surface area contributed by atoms with Crippen molar-refractivity contribution in [3.8, 4) is 12.1 Å². The second-order valence-electron chi connectivity index (χ2n) is 5.01. The van der Waals surface area contributed by atoms with Crippen LogP contribution in [0.2, 0.25) is 0 Å². The van der Waals surface area contributed by atoms with Crippen LogP contribution in [0, 0.1) is 22.7 Å². The molecule has 0 radical (unpaired) electrons. The van der Waals surface area contributed by atoms with Gasteiger partial charge in [0.05, 0.1) is 23.3 Å². The first-order chi connectivity index (χ1) is 11.5. The number of carbonyl (C=O) groups is 2. The van der Waals surface area contributed by atoms with Crippen LogP contribution in [0.1, 0.15) is 18.1 Å². The first kappa shape index (κ1) is 16.7. The number of rotatable bonds is 4. The Morgan fingerprint density at radius 2 is 1.67 bits per heavy atom. The second kappa shape index (κ2) is 7.57. The Morgan fingerprint density at radius 3 is 2.29 bits per heavy atom. The summed E-state index contributed by atoms with van der Waals surface area (Å²) < 4.78 is 0. The standard InChI is InChI=1S/C18H14N4O2/c1-13(23)22(17-7-3-5-15(9-17)11-20)12-18(24)21-16-6-2-4-14(8-16)10-19/h2-9H,12H2,1H3,(H,21,24). The summed E-state index contributed by atoms with van der Waals surface area (Å²) in [7, 11) is 0. The van der Waals surface area contributed by atoms with Crippen molar-refractivity contribution in [2.24, 2.45) is 0 Å². The summed E-state index contributed by atoms with van der Waals surface area (Å²) in [4.78, 5) is 25.3. The summed E-state index contributed by atoms with van der Waals surface area (Å²) in [6, 6.07) is 17.0. The Kier molecular flexibility index (Phi) is 5.28. The lowest BCUT2D eigenvalue weighted by molar-refractivity contribution is -0.120. The van der Waals surface area contributed by atoms with Crippen LogP contribution in [0.3, 0.4) is 0 Å². The van der Waals surface area contributed by atoms with Gasteiger partial charge < -0.3 is 10.2 Å². The fourth-order valence-corrected chi connectivity index (χ4v) is 2.14. The van der Waals surface area contributed by atoms with Crippen molar-refractivity contribution in [1.29, 1.82) is 10.5 Å². The lowest BCUT2D eigenvalue weighted by Gasteiger charge is -2.21. The van der Waals surface area contributed by atoms with Crippen LogP contribution in [0.4, 0.5) is 11.4 Å². The minimum absolute atomic E-state index is 0.193. The molecule has 0 saturated carbocycles. The normalized spacial score (nSPS) is 9.46. The van der Waals surface area contributed by atoms with Gasteiger partial charge in [-0.1, -0.05) is 12.1 Å². The predicted octanol–water partition coefficient (Wildman–Crippen LogP) is 2.42. The average Bonchev–Trinajstić information content (AvgIpc) is 2.59. The maximum absolute atomic E-state index is 12.2. The molecule has 24 heavy (non-hydrogen) atoms. The Balaban J connectivity index is 2.15. The molecule has 6 nitrogen and oxygen atoms in total. The van der Waals surface area contributed by atoms with E-state index in [1.807, 2.05) is 12.1 Å². The van der Waals surface area contributed by atoms with Crippen LogP contribution in [-0.4, -0.2) is 18.4 Å². The highest BCUT2D eigenvalue weighted by molar-refractivity contribution is 6.01. The van der Waals surface area contributed by atoms with Crippen LogP contribution >= 0.6 is 0 Å². The number of anilines is 2. The van der Waals surface area contributed by atoms with Crippen LogP contribution in [0.5, 0.6) is 0 Å². The van der Waals surface area contributed by atoms with Crippen LogP contribution in [0.25, 0.3) is 0 Å². The Morgan fingerprint density at radius 1 is 1.04 bits per heavy atom. The van der Waals surface area contributed by atoms with E-state index in [0.29, 0.717) is 22.5 Å². The Bertz CT molecular complexity index is 862. The highest BCUT2D eigenvalue weighted by atomic mass is 16.2. The van der Waals surface area contributed by atoms with Crippen molar-refractivity contribution in [3.05, 3.63) is 59.7 Å². The molecule has 0 atom stereocenters. The van der Waals surface area contributed by atoms with Crippen molar-refractivity contribution in [1.82, 2.24) is 0 Å². The summed E-state index contributed by atoms with van der Waals surface area (Å²) >= 11 is 0. The van der Waals surface area contributed by atoms with Crippen molar-refractivity contribution >= 4 is 23.2 Å². The van der Waals surface area contributed by atoms with Crippen molar-refractivity contribution in [2.75, 3.05) is 16.8 Å². The highest BCUT2D eigenvalue weighted by Crippen LogP contribution is 2.17. The van der Waals surface area contributed by atoms with Crippen LogP contribution in [0.15, 0.2) is 48.5 Å². The van der Waals surface area contributed by atoms with E-state index in [2.05, 4.69) is 5.32 Å². The first-order valence-electron chi connectivity index (χ1n) is 7.12. The zero-order valence-corrected chi connectivity index (χ0v) is 13.0. The zero-order chi connectivity index (χ0) is 17.5. The number of nitrogens with zero attached hydrogens (tertiary/aromatic N) is 3. The molecular weight excluding hydrogens is 304 g/mol. The van der Waals surface area contributed by atoms with Gasteiger partial charge in [0.15, 0.2) is 0 Å².